The van der Waals surface area contributed by atoms with E-state index in [-0.39, 0.29) is 5.82 Å². The number of ether oxygens (including phenoxy) is 1. The fourth-order valence-corrected chi connectivity index (χ4v) is 5.13. The number of alkyl halides is 2. The van der Waals surface area contributed by atoms with Crippen LogP contribution in [0, 0.1) is 0 Å². The van der Waals surface area contributed by atoms with Crippen LogP contribution in [-0.4, -0.2) is 58.7 Å². The Morgan fingerprint density at radius 1 is 1.26 bits per heavy atom. The molecule has 1 aromatic heterocycles. The van der Waals surface area contributed by atoms with Crippen molar-refractivity contribution in [3.63, 3.8) is 0 Å². The molecule has 0 bridgehead atoms. The molecule has 0 amide bonds. The van der Waals surface area contributed by atoms with Crippen molar-refractivity contribution in [1.82, 2.24) is 9.55 Å². The maximum atomic E-state index is 13.7. The average Bonchev–Trinajstić information content (AvgIpc) is 2.54. The minimum atomic E-state index is -5.83. The first-order valence-corrected chi connectivity index (χ1v) is 12.6. The van der Waals surface area contributed by atoms with Gasteiger partial charge in [0, 0.05) is 6.20 Å². The normalized spacial score (nSPS) is 20.3. The Kier molecular flexibility index (Phi) is 9.52. The number of hydrogen-bond acceptors (Lipinski definition) is 11. The van der Waals surface area contributed by atoms with Gasteiger partial charge in [0.05, 0.1) is 6.61 Å². The fraction of sp³-hybridized carbons (Fsp3) is 0.600. The minimum absolute atomic E-state index is 0.143. The Hall–Kier alpha value is -0.770. The van der Waals surface area contributed by atoms with Crippen LogP contribution in [0.15, 0.2) is 17.1 Å². The van der Waals surface area contributed by atoms with Crippen molar-refractivity contribution in [2.24, 2.45) is 0 Å². The van der Waals surface area contributed by atoms with Crippen LogP contribution in [0.3, 0.4) is 0 Å². The van der Waals surface area contributed by atoms with Crippen LogP contribution in [-0.2, 0) is 31.6 Å². The summed E-state index contributed by atoms with van der Waals surface area (Å²) in [6.45, 7) is -1.93. The zero-order chi connectivity index (χ0) is 24.3. The van der Waals surface area contributed by atoms with Gasteiger partial charge >= 0.3 is 29.2 Å². The van der Waals surface area contributed by atoms with Crippen LogP contribution in [0.5, 0.6) is 0 Å². The number of nitrogens with zero attached hydrogens (tertiary/aromatic N) is 2. The van der Waals surface area contributed by atoms with Gasteiger partial charge < -0.3 is 35.2 Å². The van der Waals surface area contributed by atoms with Gasteiger partial charge in [-0.05, 0) is 13.0 Å². The lowest BCUT2D eigenvalue weighted by Crippen LogP contribution is -2.50. The monoisotopic (exact) mass is 535 g/mol. The smallest absolute Gasteiger partial charge is 0.383 e. The third-order valence-corrected chi connectivity index (χ3v) is 7.38. The van der Waals surface area contributed by atoms with Crippen molar-refractivity contribution in [1.29, 1.82) is 0 Å². The molecule has 1 rings (SSSR count). The van der Waals surface area contributed by atoms with Gasteiger partial charge in [-0.25, -0.2) is 22.9 Å². The number of anilines is 1. The van der Waals surface area contributed by atoms with E-state index < -0.39 is 59.8 Å². The number of phosphoric ester groups is 1. The minimum Gasteiger partial charge on any atom is -0.383 e. The molecule has 0 aliphatic rings. The van der Waals surface area contributed by atoms with Crippen LogP contribution < -0.4 is 11.4 Å². The van der Waals surface area contributed by atoms with Gasteiger partial charge in [0.1, 0.15) is 18.7 Å². The zero-order valence-electron chi connectivity index (χ0n) is 15.3. The molecule has 2 unspecified atom stereocenters. The van der Waals surface area contributed by atoms with Crippen LogP contribution >= 0.6 is 35.1 Å². The lowest BCUT2D eigenvalue weighted by atomic mass is 10.1. The molecule has 1 aromatic rings. The summed E-state index contributed by atoms with van der Waals surface area (Å²) in [5, 5.41) is 9.71. The van der Waals surface area contributed by atoms with E-state index in [0.29, 0.717) is 0 Å². The van der Waals surface area contributed by atoms with Crippen LogP contribution in [0.2, 0.25) is 0 Å². The fourth-order valence-electron chi connectivity index (χ4n) is 1.89. The standard InChI is InChI=1S/C10H18ClFN3O13P3/c1-6(15-3-2-7(13)14-9(15)17)26-10(4-12,8(11)16)5-25-30(21,22)28-31(23,24)27-29(18,19)20/h2-3,6,8,16H,4-5H2,1H3,(H,21,22)(H,23,24)(H2,13,14,17)(H2,18,19,20)/t6-,8-,10-/m1/s1. The van der Waals surface area contributed by atoms with Gasteiger partial charge in [-0.2, -0.15) is 13.6 Å². The topological polar surface area (TPSA) is 250 Å². The second-order valence-corrected chi connectivity index (χ2v) is 10.5. The molecular weight excluding hydrogens is 517 g/mol. The first kappa shape index (κ1) is 28.3. The lowest BCUT2D eigenvalue weighted by Gasteiger charge is -2.35. The maximum absolute atomic E-state index is 13.7. The van der Waals surface area contributed by atoms with E-state index in [1.165, 1.54) is 13.0 Å². The molecule has 0 aromatic carbocycles. The summed E-state index contributed by atoms with van der Waals surface area (Å²) in [6, 6.07) is 1.18. The third-order valence-electron chi connectivity index (χ3n) is 3.20. The highest BCUT2D eigenvalue weighted by atomic mass is 35.5. The summed E-state index contributed by atoms with van der Waals surface area (Å²) in [4.78, 5) is 50.8. The van der Waals surface area contributed by atoms with Gasteiger partial charge in [-0.3, -0.25) is 9.09 Å². The molecule has 0 fully saturated rings. The molecule has 0 aliphatic carbocycles. The van der Waals surface area contributed by atoms with E-state index >= 15 is 0 Å². The SMILES string of the molecule is C[C@@H](O[C@](CF)(COP(=O)(O)OP(=O)(O)OP(=O)(O)O)[C@@H](O)Cl)n1ccc(N)nc1=O. The first-order chi connectivity index (χ1) is 13.9. The highest BCUT2D eigenvalue weighted by Gasteiger charge is 2.46. The largest absolute Gasteiger partial charge is 0.490 e. The Morgan fingerprint density at radius 3 is 2.29 bits per heavy atom. The van der Waals surface area contributed by atoms with Gasteiger partial charge in [0.2, 0.25) is 0 Å². The number of halogens is 2. The van der Waals surface area contributed by atoms with E-state index in [0.717, 1.165) is 10.8 Å². The molecule has 0 radical (unpaired) electrons. The maximum Gasteiger partial charge on any atom is 0.490 e. The van der Waals surface area contributed by atoms with Gasteiger partial charge in [0.25, 0.3) is 0 Å². The zero-order valence-corrected chi connectivity index (χ0v) is 18.7. The van der Waals surface area contributed by atoms with Crippen LogP contribution in [0.25, 0.3) is 0 Å². The van der Waals surface area contributed by atoms with Crippen molar-refractivity contribution in [2.45, 2.75) is 24.3 Å². The molecule has 21 heteroatoms. The van der Waals surface area contributed by atoms with E-state index in [2.05, 4.69) is 18.1 Å². The summed E-state index contributed by atoms with van der Waals surface area (Å²) in [5.74, 6) is -0.143. The number of aromatic nitrogens is 2. The molecule has 7 N–H and O–H groups in total. The Bertz CT molecular complexity index is 972. The van der Waals surface area contributed by atoms with E-state index in [4.69, 9.17) is 36.8 Å². The summed E-state index contributed by atoms with van der Waals surface area (Å²) in [5.41, 5.74) is -0.534. The number of nitrogen functional groups attached to an aromatic ring is 1. The lowest BCUT2D eigenvalue weighted by molar-refractivity contribution is -0.178. The Labute approximate surface area is 177 Å². The summed E-state index contributed by atoms with van der Waals surface area (Å²) in [6.07, 6.45) is -0.310. The van der Waals surface area contributed by atoms with Gasteiger partial charge in [0.15, 0.2) is 11.2 Å². The summed E-state index contributed by atoms with van der Waals surface area (Å²) >= 11 is 5.49. The molecule has 180 valence electrons. The van der Waals surface area contributed by atoms with Crippen molar-refractivity contribution in [3.8, 4) is 0 Å². The highest BCUT2D eigenvalue weighted by Crippen LogP contribution is 2.66. The summed E-state index contributed by atoms with van der Waals surface area (Å²) in [7, 11) is -17.1. The number of phosphoric acid groups is 3. The molecule has 0 spiro atoms. The van der Waals surface area contributed by atoms with Crippen molar-refractivity contribution < 1.29 is 60.6 Å². The predicted molar refractivity (Wildman–Crippen MR) is 99.1 cm³/mol. The predicted octanol–water partition coefficient (Wildman–Crippen LogP) is -0.0306. The molecule has 31 heavy (non-hydrogen) atoms. The molecule has 0 saturated heterocycles. The highest BCUT2D eigenvalue weighted by molar-refractivity contribution is 7.66. The van der Waals surface area contributed by atoms with Gasteiger partial charge in [-0.15, -0.1) is 0 Å². The number of hydrogen-bond donors (Lipinski definition) is 6. The quantitative estimate of drug-likeness (QED) is 0.152. The number of aliphatic hydroxyl groups is 1. The van der Waals surface area contributed by atoms with E-state index in [9.17, 15) is 32.9 Å². The third kappa shape index (κ3) is 8.94. The number of rotatable bonds is 12. The van der Waals surface area contributed by atoms with Crippen molar-refractivity contribution >= 4 is 40.9 Å². The molecule has 0 saturated carbocycles. The molecule has 0 aliphatic heterocycles. The average molecular weight is 536 g/mol. The molecule has 1 heterocycles. The van der Waals surface area contributed by atoms with Crippen molar-refractivity contribution in [2.75, 3.05) is 19.0 Å². The number of nitrogens with two attached hydrogens (primary N) is 1. The summed E-state index contributed by atoms with van der Waals surface area (Å²) < 4.78 is 64.7. The first-order valence-electron chi connectivity index (χ1n) is 7.61. The molecular formula is C10H18ClFN3O13P3. The van der Waals surface area contributed by atoms with Crippen LogP contribution in [0.4, 0.5) is 10.2 Å². The second-order valence-electron chi connectivity index (χ2n) is 5.66. The molecule has 5 atom stereocenters. The van der Waals surface area contributed by atoms with Crippen LogP contribution in [0.1, 0.15) is 13.2 Å². The molecule has 16 nitrogen and oxygen atoms in total. The van der Waals surface area contributed by atoms with E-state index in [1.54, 1.807) is 0 Å². The second kappa shape index (κ2) is 10.4. The Morgan fingerprint density at radius 2 is 1.84 bits per heavy atom. The van der Waals surface area contributed by atoms with Gasteiger partial charge in [-0.1, -0.05) is 11.6 Å². The van der Waals surface area contributed by atoms with E-state index in [1.807, 2.05) is 0 Å². The van der Waals surface area contributed by atoms with Crippen molar-refractivity contribution in [3.05, 3.63) is 22.7 Å². The number of aliphatic hydroxyl groups excluding tert-OH is 1. The Balaban J connectivity index is 3.04.